The molecule has 0 amide bonds. The van der Waals surface area contributed by atoms with Crippen LogP contribution < -0.4 is 10.9 Å². The van der Waals surface area contributed by atoms with Crippen LogP contribution in [0.2, 0.25) is 4.34 Å². The molecule has 2 aromatic heterocycles. The molecular formula is C12H14ClN3OS. The number of thiophene rings is 1. The molecule has 0 saturated carbocycles. The van der Waals surface area contributed by atoms with E-state index in [0.717, 1.165) is 9.21 Å². The van der Waals surface area contributed by atoms with Crippen LogP contribution in [0.3, 0.4) is 0 Å². The van der Waals surface area contributed by atoms with E-state index >= 15 is 0 Å². The fraction of sp³-hybridized carbons (Fsp3) is 0.333. The molecule has 2 heterocycles. The Balaban J connectivity index is 2.15. The maximum absolute atomic E-state index is 12.1. The molecule has 0 unspecified atom stereocenters. The Morgan fingerprint density at radius 2 is 2.28 bits per heavy atom. The molecule has 1 N–H and O–H groups in total. The number of rotatable bonds is 4. The molecule has 0 radical (unpaired) electrons. The molecular weight excluding hydrogens is 270 g/mol. The van der Waals surface area contributed by atoms with E-state index in [1.165, 1.54) is 11.3 Å². The van der Waals surface area contributed by atoms with Crippen molar-refractivity contribution < 1.29 is 0 Å². The van der Waals surface area contributed by atoms with Crippen LogP contribution in [0.15, 0.2) is 29.3 Å². The minimum atomic E-state index is -0.102. The average Bonchev–Trinajstić information content (AvgIpc) is 2.73. The summed E-state index contributed by atoms with van der Waals surface area (Å²) in [5.74, 6) is 0.371. The van der Waals surface area contributed by atoms with Gasteiger partial charge in [0, 0.05) is 23.3 Å². The van der Waals surface area contributed by atoms with Crippen molar-refractivity contribution >= 4 is 28.8 Å². The first kappa shape index (κ1) is 13.1. The molecule has 0 saturated heterocycles. The molecule has 4 nitrogen and oxygen atoms in total. The summed E-state index contributed by atoms with van der Waals surface area (Å²) in [6, 6.07) is 3.90. The standard InChI is InChI=1S/C12H14ClN3OS/c1-8(2)16-6-5-14-11(12(16)17)15-7-9-3-4-10(13)18-9/h3-6,8H,7H2,1-2H3,(H,14,15). The number of nitrogens with zero attached hydrogens (tertiary/aromatic N) is 2. The molecule has 2 aromatic rings. The predicted octanol–water partition coefficient (Wildman–Crippen LogP) is 3.15. The molecule has 0 bridgehead atoms. The normalized spacial score (nSPS) is 10.9. The summed E-state index contributed by atoms with van der Waals surface area (Å²) in [6.45, 7) is 4.48. The molecule has 0 spiro atoms. The first-order chi connectivity index (χ1) is 8.58. The van der Waals surface area contributed by atoms with Crippen molar-refractivity contribution in [3.8, 4) is 0 Å². The van der Waals surface area contributed by atoms with Gasteiger partial charge in [0.1, 0.15) is 0 Å². The van der Waals surface area contributed by atoms with Crippen LogP contribution in [-0.2, 0) is 6.54 Å². The maximum atomic E-state index is 12.1. The topological polar surface area (TPSA) is 46.9 Å². The van der Waals surface area contributed by atoms with Crippen LogP contribution in [0.4, 0.5) is 5.82 Å². The van der Waals surface area contributed by atoms with Gasteiger partial charge in [-0.15, -0.1) is 11.3 Å². The smallest absolute Gasteiger partial charge is 0.293 e. The number of hydrogen-bond donors (Lipinski definition) is 1. The Labute approximate surface area is 114 Å². The van der Waals surface area contributed by atoms with Crippen LogP contribution in [0.5, 0.6) is 0 Å². The summed E-state index contributed by atoms with van der Waals surface area (Å²) in [7, 11) is 0. The lowest BCUT2D eigenvalue weighted by molar-refractivity contribution is 0.575. The first-order valence-electron chi connectivity index (χ1n) is 5.63. The van der Waals surface area contributed by atoms with Gasteiger partial charge < -0.3 is 9.88 Å². The summed E-state index contributed by atoms with van der Waals surface area (Å²) < 4.78 is 2.39. The molecule has 0 fully saturated rings. The highest BCUT2D eigenvalue weighted by Gasteiger charge is 2.07. The lowest BCUT2D eigenvalue weighted by Crippen LogP contribution is -2.25. The Bertz CT molecular complexity index is 591. The van der Waals surface area contributed by atoms with Crippen molar-refractivity contribution in [2.24, 2.45) is 0 Å². The molecule has 0 aliphatic carbocycles. The van der Waals surface area contributed by atoms with Crippen LogP contribution in [0.25, 0.3) is 0 Å². The highest BCUT2D eigenvalue weighted by molar-refractivity contribution is 7.16. The van der Waals surface area contributed by atoms with Gasteiger partial charge >= 0.3 is 0 Å². The monoisotopic (exact) mass is 283 g/mol. The second-order valence-corrected chi connectivity index (χ2v) is 5.94. The lowest BCUT2D eigenvalue weighted by Gasteiger charge is -2.11. The second kappa shape index (κ2) is 5.54. The SMILES string of the molecule is CC(C)n1ccnc(NCc2ccc(Cl)s2)c1=O. The van der Waals surface area contributed by atoms with Gasteiger partial charge in [-0.2, -0.15) is 0 Å². The Hall–Kier alpha value is -1.33. The summed E-state index contributed by atoms with van der Waals surface area (Å²) in [6.07, 6.45) is 3.32. The van der Waals surface area contributed by atoms with Gasteiger partial charge in [-0.05, 0) is 26.0 Å². The van der Waals surface area contributed by atoms with Gasteiger partial charge in [-0.1, -0.05) is 11.6 Å². The fourth-order valence-corrected chi connectivity index (χ4v) is 2.60. The third kappa shape index (κ3) is 2.91. The van der Waals surface area contributed by atoms with E-state index in [1.807, 2.05) is 26.0 Å². The zero-order chi connectivity index (χ0) is 13.1. The molecule has 6 heteroatoms. The second-order valence-electron chi connectivity index (χ2n) is 4.14. The number of aromatic nitrogens is 2. The van der Waals surface area contributed by atoms with Gasteiger partial charge in [-0.25, -0.2) is 4.98 Å². The van der Waals surface area contributed by atoms with E-state index in [2.05, 4.69) is 10.3 Å². The third-order valence-corrected chi connectivity index (χ3v) is 3.71. The molecule has 96 valence electrons. The van der Waals surface area contributed by atoms with E-state index in [4.69, 9.17) is 11.6 Å². The van der Waals surface area contributed by atoms with Gasteiger partial charge in [0.05, 0.1) is 10.9 Å². The van der Waals surface area contributed by atoms with Gasteiger partial charge in [-0.3, -0.25) is 4.79 Å². The van der Waals surface area contributed by atoms with Gasteiger partial charge in [0.2, 0.25) is 0 Å². The summed E-state index contributed by atoms with van der Waals surface area (Å²) in [5, 5.41) is 3.05. The highest BCUT2D eigenvalue weighted by Crippen LogP contribution is 2.21. The highest BCUT2D eigenvalue weighted by atomic mass is 35.5. The first-order valence-corrected chi connectivity index (χ1v) is 6.82. The summed E-state index contributed by atoms with van der Waals surface area (Å²) in [4.78, 5) is 17.2. The van der Waals surface area contributed by atoms with E-state index < -0.39 is 0 Å². The Morgan fingerprint density at radius 1 is 1.50 bits per heavy atom. The molecule has 0 aliphatic heterocycles. The zero-order valence-electron chi connectivity index (χ0n) is 10.2. The summed E-state index contributed by atoms with van der Waals surface area (Å²) in [5.41, 5.74) is -0.102. The molecule has 2 rings (SSSR count). The van der Waals surface area contributed by atoms with Crippen molar-refractivity contribution in [1.29, 1.82) is 0 Å². The lowest BCUT2D eigenvalue weighted by atomic mass is 10.4. The fourth-order valence-electron chi connectivity index (χ4n) is 1.57. The van der Waals surface area contributed by atoms with E-state index in [-0.39, 0.29) is 11.6 Å². The van der Waals surface area contributed by atoms with Crippen molar-refractivity contribution in [3.05, 3.63) is 44.1 Å². The quantitative estimate of drug-likeness (QED) is 0.938. The van der Waals surface area contributed by atoms with Crippen molar-refractivity contribution in [1.82, 2.24) is 9.55 Å². The number of nitrogens with one attached hydrogen (secondary N) is 1. The average molecular weight is 284 g/mol. The Kier molecular flexibility index (Phi) is 4.04. The number of anilines is 1. The van der Waals surface area contributed by atoms with Crippen molar-refractivity contribution in [2.45, 2.75) is 26.4 Å². The van der Waals surface area contributed by atoms with Crippen LogP contribution >= 0.6 is 22.9 Å². The van der Waals surface area contributed by atoms with Gasteiger partial charge in [0.25, 0.3) is 5.56 Å². The Morgan fingerprint density at radius 3 is 2.89 bits per heavy atom. The summed E-state index contributed by atoms with van der Waals surface area (Å²) >= 11 is 7.34. The molecule has 0 aliphatic rings. The van der Waals surface area contributed by atoms with Crippen LogP contribution in [-0.4, -0.2) is 9.55 Å². The molecule has 0 atom stereocenters. The number of halogens is 1. The van der Waals surface area contributed by atoms with Crippen molar-refractivity contribution in [2.75, 3.05) is 5.32 Å². The molecule has 0 aromatic carbocycles. The zero-order valence-corrected chi connectivity index (χ0v) is 11.8. The minimum Gasteiger partial charge on any atom is -0.361 e. The van der Waals surface area contributed by atoms with E-state index in [9.17, 15) is 4.79 Å². The largest absolute Gasteiger partial charge is 0.361 e. The maximum Gasteiger partial charge on any atom is 0.293 e. The van der Waals surface area contributed by atoms with Crippen LogP contribution in [0, 0.1) is 0 Å². The third-order valence-electron chi connectivity index (χ3n) is 2.48. The van der Waals surface area contributed by atoms with E-state index in [1.54, 1.807) is 17.0 Å². The van der Waals surface area contributed by atoms with Crippen molar-refractivity contribution in [3.63, 3.8) is 0 Å². The van der Waals surface area contributed by atoms with E-state index in [0.29, 0.717) is 12.4 Å². The number of hydrogen-bond acceptors (Lipinski definition) is 4. The minimum absolute atomic E-state index is 0.102. The molecule has 18 heavy (non-hydrogen) atoms. The van der Waals surface area contributed by atoms with Gasteiger partial charge in [0.15, 0.2) is 5.82 Å². The predicted molar refractivity (Wildman–Crippen MR) is 75.5 cm³/mol. The van der Waals surface area contributed by atoms with Crippen LogP contribution in [0.1, 0.15) is 24.8 Å².